The van der Waals surface area contributed by atoms with Crippen molar-refractivity contribution in [3.05, 3.63) is 47.7 Å². The van der Waals surface area contributed by atoms with E-state index in [1.54, 1.807) is 25.2 Å². The molecule has 1 fully saturated rings. The Bertz CT molecular complexity index is 828. The smallest absolute Gasteiger partial charge is 0.259 e. The van der Waals surface area contributed by atoms with Gasteiger partial charge in [-0.05, 0) is 30.5 Å². The Morgan fingerprint density at radius 3 is 2.31 bits per heavy atom. The normalized spacial score (nSPS) is 14.1. The summed E-state index contributed by atoms with van der Waals surface area (Å²) in [6.45, 7) is 8.74. The molecule has 0 bridgehead atoms. The van der Waals surface area contributed by atoms with Crippen molar-refractivity contribution in [1.29, 1.82) is 0 Å². The number of benzene rings is 1. The van der Waals surface area contributed by atoms with E-state index in [9.17, 15) is 4.79 Å². The number of amides is 1. The number of carbonyl (C=O) groups is 1. The van der Waals surface area contributed by atoms with E-state index in [-0.39, 0.29) is 5.91 Å². The molecule has 0 saturated carbocycles. The van der Waals surface area contributed by atoms with Gasteiger partial charge in [0.2, 0.25) is 0 Å². The van der Waals surface area contributed by atoms with Gasteiger partial charge in [-0.3, -0.25) is 4.79 Å². The minimum Gasteiger partial charge on any atom is -0.369 e. The number of pyridine rings is 1. The number of hydrogen-bond acceptors (Lipinski definition) is 5. The van der Waals surface area contributed by atoms with Gasteiger partial charge in [0.25, 0.3) is 5.91 Å². The molecular formula is C23H33N5O. The van der Waals surface area contributed by atoms with Crippen LogP contribution in [0.3, 0.4) is 0 Å². The van der Waals surface area contributed by atoms with Crippen molar-refractivity contribution in [3.8, 4) is 0 Å². The number of hydrogen-bond donors (Lipinski definition) is 1. The highest BCUT2D eigenvalue weighted by Crippen LogP contribution is 2.29. The number of carbonyl (C=O) groups excluding carboxylic acids is 1. The van der Waals surface area contributed by atoms with Gasteiger partial charge < -0.3 is 20.0 Å². The zero-order valence-corrected chi connectivity index (χ0v) is 18.1. The Balaban J connectivity index is 1.83. The van der Waals surface area contributed by atoms with Gasteiger partial charge in [-0.1, -0.05) is 32.0 Å². The average Bonchev–Trinajstić information content (AvgIpc) is 2.76. The van der Waals surface area contributed by atoms with Crippen LogP contribution in [0, 0.1) is 0 Å². The summed E-state index contributed by atoms with van der Waals surface area (Å²) in [5.41, 5.74) is 4.37. The molecule has 6 nitrogen and oxygen atoms in total. The maximum absolute atomic E-state index is 13.0. The summed E-state index contributed by atoms with van der Waals surface area (Å²) in [6, 6.07) is 10.6. The Hall–Kier alpha value is -2.76. The molecule has 0 radical (unpaired) electrons. The summed E-state index contributed by atoms with van der Waals surface area (Å²) >= 11 is 0. The van der Waals surface area contributed by atoms with Gasteiger partial charge >= 0.3 is 0 Å². The van der Waals surface area contributed by atoms with Crippen LogP contribution in [0.15, 0.2) is 36.5 Å². The predicted octanol–water partition coefficient (Wildman–Crippen LogP) is 3.49. The summed E-state index contributed by atoms with van der Waals surface area (Å²) in [5.74, 6) is 0.673. The summed E-state index contributed by atoms with van der Waals surface area (Å²) in [5, 5.41) is 3.33. The highest BCUT2D eigenvalue weighted by atomic mass is 16.2. The van der Waals surface area contributed by atoms with Crippen LogP contribution in [0.1, 0.15) is 36.2 Å². The topological polar surface area (TPSA) is 51.7 Å². The Kier molecular flexibility index (Phi) is 6.96. The van der Waals surface area contributed by atoms with E-state index < -0.39 is 0 Å². The molecule has 1 aromatic carbocycles. The SMILES string of the molecule is CCCNc1nccc(N2CCN(c3ccccc3CC)CC2)c1C(=O)N(C)C. The molecule has 1 saturated heterocycles. The standard InChI is InChI=1S/C23H33N5O/c1-5-12-24-22-21(23(29)26(3)4)20(11-13-25-22)28-16-14-27(15-17-28)19-10-8-7-9-18(19)6-2/h7-11,13H,5-6,12,14-17H2,1-4H3,(H,24,25). The van der Waals surface area contributed by atoms with Crippen molar-refractivity contribution in [2.75, 3.05) is 61.9 Å². The van der Waals surface area contributed by atoms with Gasteiger partial charge in [0.05, 0.1) is 5.69 Å². The van der Waals surface area contributed by atoms with Crippen LogP contribution >= 0.6 is 0 Å². The third kappa shape index (κ3) is 4.63. The molecule has 2 aromatic rings. The summed E-state index contributed by atoms with van der Waals surface area (Å²) in [7, 11) is 3.59. The van der Waals surface area contributed by atoms with Crippen LogP contribution in [-0.4, -0.2) is 62.6 Å². The molecule has 29 heavy (non-hydrogen) atoms. The lowest BCUT2D eigenvalue weighted by atomic mass is 10.1. The number of aromatic nitrogens is 1. The molecule has 156 valence electrons. The molecular weight excluding hydrogens is 362 g/mol. The van der Waals surface area contributed by atoms with Gasteiger partial charge in [-0.2, -0.15) is 0 Å². The quantitative estimate of drug-likeness (QED) is 0.778. The van der Waals surface area contributed by atoms with Gasteiger partial charge in [0.15, 0.2) is 0 Å². The third-order valence-corrected chi connectivity index (χ3v) is 5.43. The van der Waals surface area contributed by atoms with Crippen molar-refractivity contribution in [2.24, 2.45) is 0 Å². The molecule has 0 atom stereocenters. The van der Waals surface area contributed by atoms with Crippen LogP contribution in [0.25, 0.3) is 0 Å². The van der Waals surface area contributed by atoms with Gasteiger partial charge in [-0.15, -0.1) is 0 Å². The van der Waals surface area contributed by atoms with Crippen LogP contribution in [0.4, 0.5) is 17.2 Å². The van der Waals surface area contributed by atoms with Crippen LogP contribution in [0.2, 0.25) is 0 Å². The van der Waals surface area contributed by atoms with Crippen LogP contribution in [-0.2, 0) is 6.42 Å². The largest absolute Gasteiger partial charge is 0.369 e. The van der Waals surface area contributed by atoms with E-state index in [0.717, 1.165) is 51.3 Å². The first-order chi connectivity index (χ1) is 14.1. The average molecular weight is 396 g/mol. The minimum atomic E-state index is -0.00883. The maximum atomic E-state index is 13.0. The highest BCUT2D eigenvalue weighted by Gasteiger charge is 2.26. The monoisotopic (exact) mass is 395 g/mol. The van der Waals surface area contributed by atoms with Gasteiger partial charge in [-0.25, -0.2) is 4.98 Å². The molecule has 1 aliphatic rings. The van der Waals surface area contributed by atoms with E-state index in [1.807, 2.05) is 6.07 Å². The Morgan fingerprint density at radius 1 is 1.03 bits per heavy atom. The molecule has 6 heteroatoms. The summed E-state index contributed by atoms with van der Waals surface area (Å²) in [4.78, 5) is 23.8. The fourth-order valence-corrected chi connectivity index (χ4v) is 3.83. The summed E-state index contributed by atoms with van der Waals surface area (Å²) < 4.78 is 0. The van der Waals surface area contributed by atoms with E-state index in [2.05, 4.69) is 58.2 Å². The van der Waals surface area contributed by atoms with Crippen molar-refractivity contribution in [3.63, 3.8) is 0 Å². The number of rotatable bonds is 7. The zero-order chi connectivity index (χ0) is 20.8. The number of piperazine rings is 1. The predicted molar refractivity (Wildman–Crippen MR) is 121 cm³/mol. The lowest BCUT2D eigenvalue weighted by Crippen LogP contribution is -2.47. The number of anilines is 3. The second-order valence-corrected chi connectivity index (χ2v) is 7.64. The lowest BCUT2D eigenvalue weighted by Gasteiger charge is -2.39. The minimum absolute atomic E-state index is 0.00883. The van der Waals surface area contributed by atoms with Crippen LogP contribution in [0.5, 0.6) is 0 Å². The van der Waals surface area contributed by atoms with Crippen LogP contribution < -0.4 is 15.1 Å². The zero-order valence-electron chi connectivity index (χ0n) is 18.1. The third-order valence-electron chi connectivity index (χ3n) is 5.43. The van der Waals surface area contributed by atoms with E-state index in [4.69, 9.17) is 0 Å². The molecule has 3 rings (SSSR count). The lowest BCUT2D eigenvalue weighted by molar-refractivity contribution is 0.0828. The molecule has 0 aliphatic carbocycles. The first-order valence-electron chi connectivity index (χ1n) is 10.6. The van der Waals surface area contributed by atoms with E-state index >= 15 is 0 Å². The highest BCUT2D eigenvalue weighted by molar-refractivity contribution is 6.04. The molecule has 1 amide bonds. The second kappa shape index (κ2) is 9.63. The van der Waals surface area contributed by atoms with Crippen molar-refractivity contribution in [2.45, 2.75) is 26.7 Å². The van der Waals surface area contributed by atoms with E-state index in [1.165, 1.54) is 11.3 Å². The molecule has 2 heterocycles. The summed E-state index contributed by atoms with van der Waals surface area (Å²) in [6.07, 6.45) is 3.82. The second-order valence-electron chi connectivity index (χ2n) is 7.64. The Morgan fingerprint density at radius 2 is 1.69 bits per heavy atom. The molecule has 1 N–H and O–H groups in total. The maximum Gasteiger partial charge on any atom is 0.259 e. The molecule has 0 spiro atoms. The number of nitrogens with zero attached hydrogens (tertiary/aromatic N) is 4. The van der Waals surface area contributed by atoms with Gasteiger partial charge in [0, 0.05) is 58.7 Å². The Labute approximate surface area is 174 Å². The fraction of sp³-hybridized carbons (Fsp3) is 0.478. The number of aryl methyl sites for hydroxylation is 1. The van der Waals surface area contributed by atoms with Crippen molar-refractivity contribution < 1.29 is 4.79 Å². The molecule has 0 unspecified atom stereocenters. The number of nitrogens with one attached hydrogen (secondary N) is 1. The van der Waals surface area contributed by atoms with Crippen molar-refractivity contribution >= 4 is 23.1 Å². The molecule has 1 aromatic heterocycles. The fourth-order valence-electron chi connectivity index (χ4n) is 3.83. The van der Waals surface area contributed by atoms with E-state index in [0.29, 0.717) is 11.4 Å². The molecule has 1 aliphatic heterocycles. The first-order valence-corrected chi connectivity index (χ1v) is 10.6. The first kappa shape index (κ1) is 21.0. The van der Waals surface area contributed by atoms with Crippen molar-refractivity contribution in [1.82, 2.24) is 9.88 Å². The number of para-hydroxylation sites is 1. The van der Waals surface area contributed by atoms with Gasteiger partial charge in [0.1, 0.15) is 11.4 Å².